The van der Waals surface area contributed by atoms with Gasteiger partial charge in [0.2, 0.25) is 0 Å². The van der Waals surface area contributed by atoms with Gasteiger partial charge in [0.25, 0.3) is 5.91 Å². The highest BCUT2D eigenvalue weighted by Crippen LogP contribution is 2.18. The van der Waals surface area contributed by atoms with E-state index < -0.39 is 0 Å². The zero-order chi connectivity index (χ0) is 20.5. The minimum absolute atomic E-state index is 0.0833. The first-order valence-electron chi connectivity index (χ1n) is 10.1. The number of carbonyl (C=O) groups is 2. The number of ether oxygens (including phenoxy) is 1. The Morgan fingerprint density at radius 2 is 1.90 bits per heavy atom. The molecule has 1 saturated heterocycles. The van der Waals surface area contributed by atoms with Crippen LogP contribution in [0.5, 0.6) is 5.75 Å². The average molecular weight is 396 g/mol. The number of rotatable bonds is 9. The number of nitrogens with one attached hydrogen (secondary N) is 1. The first kappa shape index (κ1) is 20.9. The molecule has 0 aromatic heterocycles. The lowest BCUT2D eigenvalue weighted by Crippen LogP contribution is -2.47. The molecule has 0 radical (unpaired) electrons. The maximum Gasteiger partial charge on any atom is 0.257 e. The minimum atomic E-state index is -0.171. The largest absolute Gasteiger partial charge is 0.483 e. The Morgan fingerprint density at radius 1 is 1.10 bits per heavy atom. The highest BCUT2D eigenvalue weighted by molar-refractivity contribution is 5.80. The van der Waals surface area contributed by atoms with E-state index in [0.717, 1.165) is 45.4 Å². The number of hydrogen-bond donors (Lipinski definition) is 1. The lowest BCUT2D eigenvalue weighted by Gasteiger charge is -2.36. The molecule has 0 unspecified atom stereocenters. The van der Waals surface area contributed by atoms with Crippen molar-refractivity contribution in [1.82, 2.24) is 10.2 Å². The molecule has 29 heavy (non-hydrogen) atoms. The van der Waals surface area contributed by atoms with Crippen molar-refractivity contribution in [2.45, 2.75) is 13.3 Å². The number of amides is 1. The molecule has 0 spiro atoms. The van der Waals surface area contributed by atoms with E-state index in [1.807, 2.05) is 0 Å². The van der Waals surface area contributed by atoms with Gasteiger partial charge in [-0.25, -0.2) is 0 Å². The van der Waals surface area contributed by atoms with E-state index in [2.05, 4.69) is 46.3 Å². The van der Waals surface area contributed by atoms with E-state index in [1.165, 1.54) is 11.3 Å². The van der Waals surface area contributed by atoms with Crippen molar-refractivity contribution >= 4 is 17.9 Å². The van der Waals surface area contributed by atoms with Crippen LogP contribution in [0.15, 0.2) is 48.5 Å². The summed E-state index contributed by atoms with van der Waals surface area (Å²) in [5.74, 6) is 0.263. The van der Waals surface area contributed by atoms with Crippen LogP contribution in [0.4, 0.5) is 5.69 Å². The van der Waals surface area contributed by atoms with Crippen LogP contribution in [0.25, 0.3) is 0 Å². The van der Waals surface area contributed by atoms with E-state index in [4.69, 9.17) is 4.74 Å². The fourth-order valence-corrected chi connectivity index (χ4v) is 3.49. The third-order valence-corrected chi connectivity index (χ3v) is 5.12. The Hall–Kier alpha value is -2.86. The van der Waals surface area contributed by atoms with Crippen molar-refractivity contribution in [3.05, 3.63) is 59.7 Å². The molecular formula is C23H29N3O3. The second-order valence-electron chi connectivity index (χ2n) is 7.32. The van der Waals surface area contributed by atoms with Crippen molar-refractivity contribution < 1.29 is 14.3 Å². The number of aryl methyl sites for hydroxylation is 1. The smallest absolute Gasteiger partial charge is 0.257 e. The van der Waals surface area contributed by atoms with Crippen LogP contribution in [0.3, 0.4) is 0 Å². The van der Waals surface area contributed by atoms with Crippen molar-refractivity contribution in [3.63, 3.8) is 0 Å². The Morgan fingerprint density at radius 3 is 2.66 bits per heavy atom. The summed E-state index contributed by atoms with van der Waals surface area (Å²) in [4.78, 5) is 27.8. The standard InChI is InChI=1S/C23H29N3O3/c1-19-6-4-8-21(16-19)26-14-12-25(13-15-26)11-5-10-24-23(28)18-29-22-9-3-2-7-20(22)17-27/h2-4,6-9,16-17H,5,10-15,18H2,1H3,(H,24,28). The van der Waals surface area contributed by atoms with Crippen LogP contribution in [-0.4, -0.2) is 63.0 Å². The Balaban J connectivity index is 1.30. The summed E-state index contributed by atoms with van der Waals surface area (Å²) in [6.07, 6.45) is 1.63. The molecule has 1 N–H and O–H groups in total. The van der Waals surface area contributed by atoms with Gasteiger partial charge < -0.3 is 15.0 Å². The maximum atomic E-state index is 11.9. The monoisotopic (exact) mass is 395 g/mol. The molecule has 0 aliphatic carbocycles. The summed E-state index contributed by atoms with van der Waals surface area (Å²) in [6, 6.07) is 15.5. The molecule has 0 atom stereocenters. The highest BCUT2D eigenvalue weighted by Gasteiger charge is 2.16. The third kappa shape index (κ3) is 6.32. The highest BCUT2D eigenvalue weighted by atomic mass is 16.5. The van der Waals surface area contributed by atoms with Crippen molar-refractivity contribution in [1.29, 1.82) is 0 Å². The van der Waals surface area contributed by atoms with Crippen LogP contribution in [0.1, 0.15) is 22.3 Å². The lowest BCUT2D eigenvalue weighted by molar-refractivity contribution is -0.123. The van der Waals surface area contributed by atoms with Gasteiger partial charge in [-0.3, -0.25) is 14.5 Å². The van der Waals surface area contributed by atoms with Crippen LogP contribution >= 0.6 is 0 Å². The fraction of sp³-hybridized carbons (Fsp3) is 0.391. The molecule has 1 aliphatic rings. The molecule has 3 rings (SSSR count). The second-order valence-corrected chi connectivity index (χ2v) is 7.32. The summed E-state index contributed by atoms with van der Waals surface area (Å²) in [5.41, 5.74) is 3.04. The molecular weight excluding hydrogens is 366 g/mol. The summed E-state index contributed by atoms with van der Waals surface area (Å²) < 4.78 is 5.44. The first-order chi connectivity index (χ1) is 14.2. The SMILES string of the molecule is Cc1cccc(N2CCN(CCCNC(=O)COc3ccccc3C=O)CC2)c1. The minimum Gasteiger partial charge on any atom is -0.483 e. The molecule has 6 nitrogen and oxygen atoms in total. The summed E-state index contributed by atoms with van der Waals surface area (Å²) in [7, 11) is 0. The van der Waals surface area contributed by atoms with Gasteiger partial charge >= 0.3 is 0 Å². The van der Waals surface area contributed by atoms with Gasteiger partial charge in [0, 0.05) is 38.4 Å². The van der Waals surface area contributed by atoms with Gasteiger partial charge in [0.15, 0.2) is 12.9 Å². The molecule has 1 fully saturated rings. The van der Waals surface area contributed by atoms with E-state index in [1.54, 1.807) is 24.3 Å². The van der Waals surface area contributed by atoms with Gasteiger partial charge in [-0.2, -0.15) is 0 Å². The zero-order valence-electron chi connectivity index (χ0n) is 17.0. The topological polar surface area (TPSA) is 61.9 Å². The predicted molar refractivity (Wildman–Crippen MR) is 115 cm³/mol. The molecule has 1 aliphatic heterocycles. The zero-order valence-corrected chi connectivity index (χ0v) is 17.0. The summed E-state index contributed by atoms with van der Waals surface area (Å²) in [6.45, 7) is 7.76. The number of carbonyl (C=O) groups excluding carboxylic acids is 2. The lowest BCUT2D eigenvalue weighted by atomic mass is 10.2. The number of para-hydroxylation sites is 1. The molecule has 154 valence electrons. The number of anilines is 1. The number of piperazine rings is 1. The van der Waals surface area contributed by atoms with Gasteiger partial charge in [0.1, 0.15) is 5.75 Å². The van der Waals surface area contributed by atoms with Crippen LogP contribution in [0, 0.1) is 6.92 Å². The second kappa shape index (κ2) is 10.6. The summed E-state index contributed by atoms with van der Waals surface area (Å²) >= 11 is 0. The van der Waals surface area contributed by atoms with Gasteiger partial charge in [0.05, 0.1) is 5.56 Å². The van der Waals surface area contributed by atoms with Gasteiger partial charge in [-0.05, 0) is 49.7 Å². The number of nitrogens with zero attached hydrogens (tertiary/aromatic N) is 2. The molecule has 6 heteroatoms. The Labute approximate surface area is 172 Å². The van der Waals surface area contributed by atoms with Crippen molar-refractivity contribution in [2.75, 3.05) is 50.8 Å². The van der Waals surface area contributed by atoms with Crippen molar-refractivity contribution in [3.8, 4) is 5.75 Å². The first-order valence-corrected chi connectivity index (χ1v) is 10.1. The Kier molecular flexibility index (Phi) is 7.64. The van der Waals surface area contributed by atoms with Crippen LogP contribution in [-0.2, 0) is 4.79 Å². The number of benzene rings is 2. The van der Waals surface area contributed by atoms with Crippen LogP contribution < -0.4 is 15.0 Å². The van der Waals surface area contributed by atoms with Gasteiger partial charge in [-0.15, -0.1) is 0 Å². The molecule has 0 bridgehead atoms. The molecule has 1 amide bonds. The van der Waals surface area contributed by atoms with E-state index in [0.29, 0.717) is 17.9 Å². The van der Waals surface area contributed by atoms with E-state index >= 15 is 0 Å². The van der Waals surface area contributed by atoms with Crippen LogP contribution in [0.2, 0.25) is 0 Å². The molecule has 1 heterocycles. The average Bonchev–Trinajstić information content (AvgIpc) is 2.76. The third-order valence-electron chi connectivity index (χ3n) is 5.12. The maximum absolute atomic E-state index is 11.9. The summed E-state index contributed by atoms with van der Waals surface area (Å²) in [5, 5.41) is 2.88. The van der Waals surface area contributed by atoms with Gasteiger partial charge in [-0.1, -0.05) is 24.3 Å². The normalized spacial score (nSPS) is 14.4. The number of aldehydes is 1. The van der Waals surface area contributed by atoms with E-state index in [9.17, 15) is 9.59 Å². The van der Waals surface area contributed by atoms with E-state index in [-0.39, 0.29) is 12.5 Å². The Bertz CT molecular complexity index is 817. The fourth-order valence-electron chi connectivity index (χ4n) is 3.49. The molecule has 2 aromatic carbocycles. The molecule has 0 saturated carbocycles. The number of hydrogen-bond acceptors (Lipinski definition) is 5. The predicted octanol–water partition coefficient (Wildman–Crippen LogP) is 2.51. The quantitative estimate of drug-likeness (QED) is 0.522. The molecule has 2 aromatic rings. The van der Waals surface area contributed by atoms with Crippen molar-refractivity contribution in [2.24, 2.45) is 0 Å².